The number of carboxylic acid groups (broad SMARTS) is 1. The number of amides is 1. The zero-order valence-corrected chi connectivity index (χ0v) is 17.4. The SMILES string of the molecule is CC(O)C(Nc1ccc(C(=O)NCc2ccc(Oc3ccccc3)s2)c(N)n1)C(=O)O. The lowest BCUT2D eigenvalue weighted by molar-refractivity contribution is -0.140. The molecule has 0 radical (unpaired) electrons. The molecule has 1 aromatic carbocycles. The first-order chi connectivity index (χ1) is 14.8. The highest BCUT2D eigenvalue weighted by Crippen LogP contribution is 2.29. The Morgan fingerprint density at radius 3 is 2.55 bits per heavy atom. The number of carbonyl (C=O) groups is 2. The van der Waals surface area contributed by atoms with E-state index in [0.717, 1.165) is 10.6 Å². The summed E-state index contributed by atoms with van der Waals surface area (Å²) in [7, 11) is 0. The molecule has 0 spiro atoms. The minimum atomic E-state index is -1.25. The summed E-state index contributed by atoms with van der Waals surface area (Å²) in [5.74, 6) is -0.836. The van der Waals surface area contributed by atoms with Gasteiger partial charge in [0, 0.05) is 4.88 Å². The van der Waals surface area contributed by atoms with Gasteiger partial charge in [-0.1, -0.05) is 18.2 Å². The van der Waals surface area contributed by atoms with Gasteiger partial charge in [0.25, 0.3) is 5.91 Å². The van der Waals surface area contributed by atoms with Crippen LogP contribution in [-0.2, 0) is 11.3 Å². The van der Waals surface area contributed by atoms with Crippen molar-refractivity contribution in [3.8, 4) is 10.8 Å². The summed E-state index contributed by atoms with van der Waals surface area (Å²) in [6, 6.07) is 14.7. The van der Waals surface area contributed by atoms with E-state index in [1.54, 1.807) is 0 Å². The number of anilines is 2. The summed E-state index contributed by atoms with van der Waals surface area (Å²) in [6.07, 6.45) is -1.15. The molecule has 162 valence electrons. The number of hydrogen-bond acceptors (Lipinski definition) is 8. The van der Waals surface area contributed by atoms with Gasteiger partial charge in [0.05, 0.1) is 18.2 Å². The number of pyridine rings is 1. The number of benzene rings is 1. The van der Waals surface area contributed by atoms with E-state index >= 15 is 0 Å². The van der Waals surface area contributed by atoms with Crippen LogP contribution in [0.5, 0.6) is 10.8 Å². The smallest absolute Gasteiger partial charge is 0.328 e. The molecular weight excluding hydrogens is 420 g/mol. The number of para-hydroxylation sites is 1. The van der Waals surface area contributed by atoms with E-state index in [4.69, 9.17) is 15.6 Å². The number of nitrogens with one attached hydrogen (secondary N) is 2. The summed E-state index contributed by atoms with van der Waals surface area (Å²) in [5.41, 5.74) is 6.03. The first-order valence-electron chi connectivity index (χ1n) is 9.37. The Bertz CT molecular complexity index is 1050. The maximum absolute atomic E-state index is 12.5. The van der Waals surface area contributed by atoms with E-state index in [9.17, 15) is 14.7 Å². The van der Waals surface area contributed by atoms with Gasteiger partial charge in [-0.15, -0.1) is 11.3 Å². The third-order valence-electron chi connectivity index (χ3n) is 4.24. The molecule has 9 nitrogen and oxygen atoms in total. The first kappa shape index (κ1) is 22.1. The summed E-state index contributed by atoms with van der Waals surface area (Å²) < 4.78 is 5.76. The van der Waals surface area contributed by atoms with Gasteiger partial charge in [0.15, 0.2) is 11.1 Å². The molecule has 2 aromatic heterocycles. The topological polar surface area (TPSA) is 147 Å². The number of hydrogen-bond donors (Lipinski definition) is 5. The van der Waals surface area contributed by atoms with E-state index in [1.807, 2.05) is 42.5 Å². The van der Waals surface area contributed by atoms with Crippen LogP contribution in [0.15, 0.2) is 54.6 Å². The molecule has 0 aliphatic heterocycles. The Balaban J connectivity index is 1.59. The molecule has 2 heterocycles. The van der Waals surface area contributed by atoms with Crippen molar-refractivity contribution < 1.29 is 24.5 Å². The molecule has 2 atom stereocenters. The second-order valence-electron chi connectivity index (χ2n) is 6.65. The molecule has 3 rings (SSSR count). The predicted molar refractivity (Wildman–Crippen MR) is 117 cm³/mol. The van der Waals surface area contributed by atoms with E-state index in [-0.39, 0.29) is 23.7 Å². The number of nitrogens with zero attached hydrogens (tertiary/aromatic N) is 1. The van der Waals surface area contributed by atoms with Crippen molar-refractivity contribution in [2.24, 2.45) is 0 Å². The zero-order chi connectivity index (χ0) is 22.4. The quantitative estimate of drug-likeness (QED) is 0.340. The van der Waals surface area contributed by atoms with Gasteiger partial charge < -0.3 is 31.3 Å². The maximum atomic E-state index is 12.5. The standard InChI is InChI=1S/C21H22N4O5S/c1-12(26)18(21(28)29)24-16-9-8-15(19(22)25-16)20(27)23-11-14-7-10-17(31-14)30-13-5-3-2-4-6-13/h2-10,12,18,26H,11H2,1H3,(H,23,27)(H,28,29)(H3,22,24,25). The highest BCUT2D eigenvalue weighted by atomic mass is 32.1. The lowest BCUT2D eigenvalue weighted by atomic mass is 10.2. The minimum absolute atomic E-state index is 0.0588. The van der Waals surface area contributed by atoms with E-state index in [0.29, 0.717) is 5.06 Å². The van der Waals surface area contributed by atoms with Crippen LogP contribution in [0, 0.1) is 0 Å². The fourth-order valence-corrected chi connectivity index (χ4v) is 3.48. The lowest BCUT2D eigenvalue weighted by Gasteiger charge is -2.18. The second-order valence-corrected chi connectivity index (χ2v) is 7.78. The Morgan fingerprint density at radius 1 is 1.16 bits per heavy atom. The van der Waals surface area contributed by atoms with Crippen molar-refractivity contribution in [1.29, 1.82) is 0 Å². The molecule has 10 heteroatoms. The van der Waals surface area contributed by atoms with Gasteiger partial charge in [-0.05, 0) is 43.3 Å². The molecule has 0 saturated heterocycles. The number of aliphatic carboxylic acids is 1. The van der Waals surface area contributed by atoms with Crippen LogP contribution in [0.2, 0.25) is 0 Å². The number of carbonyl (C=O) groups excluding carboxylic acids is 1. The molecule has 0 aliphatic carbocycles. The van der Waals surface area contributed by atoms with Crippen LogP contribution in [0.4, 0.5) is 11.6 Å². The third kappa shape index (κ3) is 5.93. The normalized spacial score (nSPS) is 12.6. The highest BCUT2D eigenvalue weighted by Gasteiger charge is 2.23. The van der Waals surface area contributed by atoms with Gasteiger partial charge >= 0.3 is 5.97 Å². The van der Waals surface area contributed by atoms with Gasteiger partial charge in [0.2, 0.25) is 0 Å². The van der Waals surface area contributed by atoms with Crippen molar-refractivity contribution in [3.05, 3.63) is 65.0 Å². The summed E-state index contributed by atoms with van der Waals surface area (Å²) >= 11 is 1.41. The number of rotatable bonds is 9. The van der Waals surface area contributed by atoms with Crippen molar-refractivity contribution in [3.63, 3.8) is 0 Å². The summed E-state index contributed by atoms with van der Waals surface area (Å²) in [4.78, 5) is 28.6. The predicted octanol–water partition coefficient (Wildman–Crippen LogP) is 2.69. The minimum Gasteiger partial charge on any atom is -0.480 e. The Labute approximate surface area is 182 Å². The summed E-state index contributed by atoms with van der Waals surface area (Å²) in [6.45, 7) is 1.63. The van der Waals surface area contributed by atoms with Crippen molar-refractivity contribution in [2.75, 3.05) is 11.1 Å². The molecule has 3 aromatic rings. The number of nitrogen functional groups attached to an aromatic ring is 1. The van der Waals surface area contributed by atoms with Crippen LogP contribution in [-0.4, -0.2) is 39.2 Å². The van der Waals surface area contributed by atoms with Crippen LogP contribution in [0.1, 0.15) is 22.2 Å². The monoisotopic (exact) mass is 442 g/mol. The summed E-state index contributed by atoms with van der Waals surface area (Å²) in [5, 5.41) is 24.7. The second kappa shape index (κ2) is 9.92. The number of thiophene rings is 1. The lowest BCUT2D eigenvalue weighted by Crippen LogP contribution is -2.39. The first-order valence-corrected chi connectivity index (χ1v) is 10.2. The average molecular weight is 442 g/mol. The molecule has 0 aliphatic rings. The number of ether oxygens (including phenoxy) is 1. The molecule has 31 heavy (non-hydrogen) atoms. The number of aliphatic hydroxyl groups excluding tert-OH is 1. The average Bonchev–Trinajstić information content (AvgIpc) is 3.18. The van der Waals surface area contributed by atoms with Crippen molar-refractivity contribution >= 4 is 34.8 Å². The molecule has 1 amide bonds. The molecule has 6 N–H and O–H groups in total. The number of nitrogens with two attached hydrogens (primary N) is 1. The molecule has 0 saturated carbocycles. The molecule has 0 fully saturated rings. The molecular formula is C21H22N4O5S. The van der Waals surface area contributed by atoms with E-state index in [2.05, 4.69) is 15.6 Å². The van der Waals surface area contributed by atoms with Gasteiger partial charge in [-0.25, -0.2) is 9.78 Å². The van der Waals surface area contributed by atoms with Crippen LogP contribution in [0.3, 0.4) is 0 Å². The van der Waals surface area contributed by atoms with Crippen LogP contribution in [0.25, 0.3) is 0 Å². The Hall–Kier alpha value is -3.63. The Morgan fingerprint density at radius 2 is 1.90 bits per heavy atom. The van der Waals surface area contributed by atoms with Crippen molar-refractivity contribution in [1.82, 2.24) is 10.3 Å². The zero-order valence-electron chi connectivity index (χ0n) is 16.6. The fourth-order valence-electron chi connectivity index (χ4n) is 2.67. The van der Waals surface area contributed by atoms with Crippen LogP contribution >= 0.6 is 11.3 Å². The molecule has 0 bridgehead atoms. The molecule has 2 unspecified atom stereocenters. The van der Waals surface area contributed by atoms with Crippen LogP contribution < -0.4 is 21.1 Å². The van der Waals surface area contributed by atoms with E-state index < -0.39 is 24.0 Å². The van der Waals surface area contributed by atoms with Gasteiger partial charge in [-0.2, -0.15) is 0 Å². The van der Waals surface area contributed by atoms with Gasteiger partial charge in [0.1, 0.15) is 17.4 Å². The largest absolute Gasteiger partial charge is 0.480 e. The third-order valence-corrected chi connectivity index (χ3v) is 5.21. The number of aromatic nitrogens is 1. The van der Waals surface area contributed by atoms with Gasteiger partial charge in [-0.3, -0.25) is 4.79 Å². The number of carboxylic acids is 1. The highest BCUT2D eigenvalue weighted by molar-refractivity contribution is 7.13. The van der Waals surface area contributed by atoms with Crippen molar-refractivity contribution in [2.45, 2.75) is 25.6 Å². The van der Waals surface area contributed by atoms with E-state index in [1.165, 1.54) is 30.4 Å². The Kier molecular flexibility index (Phi) is 7.06. The maximum Gasteiger partial charge on any atom is 0.328 e. The fraction of sp³-hybridized carbons (Fsp3) is 0.190. The number of aliphatic hydroxyl groups is 1.